The van der Waals surface area contributed by atoms with E-state index in [0.29, 0.717) is 5.52 Å². The van der Waals surface area contributed by atoms with E-state index in [-0.39, 0.29) is 5.01 Å². The fourth-order valence-electron chi connectivity index (χ4n) is 2.49. The molecule has 0 aliphatic heterocycles. The van der Waals surface area contributed by atoms with E-state index in [9.17, 15) is 18.0 Å². The number of anilines is 1. The summed E-state index contributed by atoms with van der Waals surface area (Å²) in [6, 6.07) is 14.9. The zero-order valence-electron chi connectivity index (χ0n) is 14.0. The van der Waals surface area contributed by atoms with Crippen molar-refractivity contribution in [2.75, 3.05) is 11.9 Å². The third-order valence-electron chi connectivity index (χ3n) is 3.75. The molecule has 0 saturated heterocycles. The summed E-state index contributed by atoms with van der Waals surface area (Å²) in [6.07, 6.45) is -4.44. The number of nitrogens with one attached hydrogen (secondary N) is 1. The summed E-state index contributed by atoms with van der Waals surface area (Å²) >= 11 is 1.15. The monoisotopic (exact) mass is 404 g/mol. The molecular weight excluding hydrogens is 393 g/mol. The Morgan fingerprint density at radius 1 is 1.07 bits per heavy atom. The Labute approximate surface area is 160 Å². The summed E-state index contributed by atoms with van der Waals surface area (Å²) in [5, 5.41) is 8.95. The predicted octanol–water partition coefficient (Wildman–Crippen LogP) is 4.55. The molecule has 10 heteroatoms. The van der Waals surface area contributed by atoms with E-state index >= 15 is 0 Å². The molecule has 28 heavy (non-hydrogen) atoms. The van der Waals surface area contributed by atoms with Crippen LogP contribution in [0.1, 0.15) is 15.7 Å². The van der Waals surface area contributed by atoms with Crippen LogP contribution >= 0.6 is 11.3 Å². The molecule has 0 aliphatic rings. The maximum atomic E-state index is 12.5. The maximum absolute atomic E-state index is 12.5. The largest absolute Gasteiger partial charge is 0.405 e. The van der Waals surface area contributed by atoms with Gasteiger partial charge < -0.3 is 9.73 Å². The number of hydrogen-bond acceptors (Lipinski definition) is 7. The number of benzene rings is 2. The fourth-order valence-corrected chi connectivity index (χ4v) is 3.42. The third-order valence-corrected chi connectivity index (χ3v) is 4.77. The fraction of sp³-hybridized carbons (Fsp3) is 0.111. The normalized spacial score (nSPS) is 11.7. The molecule has 4 aromatic rings. The van der Waals surface area contributed by atoms with Crippen LogP contribution in [0.4, 0.5) is 19.2 Å². The van der Waals surface area contributed by atoms with Crippen molar-refractivity contribution in [3.63, 3.8) is 0 Å². The number of nitrogens with zero attached hydrogens (tertiary/aromatic N) is 3. The first-order valence-corrected chi connectivity index (χ1v) is 8.85. The molecule has 6 nitrogen and oxygen atoms in total. The molecular formula is C18H11F3N4O2S. The highest BCUT2D eigenvalue weighted by molar-refractivity contribution is 7.20. The molecule has 2 aromatic carbocycles. The van der Waals surface area contributed by atoms with Gasteiger partial charge in [-0.2, -0.15) is 13.2 Å². The van der Waals surface area contributed by atoms with Crippen molar-refractivity contribution in [3.8, 4) is 11.1 Å². The topological polar surface area (TPSA) is 80.9 Å². The standard InChI is InChI=1S/C18H11F3N4O2S/c19-18(20,21)9-22-17-25-24-15(27-17)14(26)16-23-12-7-6-11(8-13(12)28-16)10-4-2-1-3-5-10/h1-8H,9H2,(H,22,25). The molecule has 0 aliphatic carbocycles. The van der Waals surface area contributed by atoms with Crippen LogP contribution in [0.15, 0.2) is 52.9 Å². The first kappa shape index (κ1) is 18.1. The molecule has 0 atom stereocenters. The van der Waals surface area contributed by atoms with Crippen LogP contribution in [0.3, 0.4) is 0 Å². The lowest BCUT2D eigenvalue weighted by atomic mass is 10.1. The molecule has 0 spiro atoms. The number of rotatable bonds is 5. The number of fused-ring (bicyclic) bond motifs is 1. The molecule has 0 saturated carbocycles. The Balaban J connectivity index is 1.57. The predicted molar refractivity (Wildman–Crippen MR) is 97.3 cm³/mol. The molecule has 4 rings (SSSR count). The first-order valence-electron chi connectivity index (χ1n) is 8.04. The Kier molecular flexibility index (Phi) is 4.55. The summed E-state index contributed by atoms with van der Waals surface area (Å²) < 4.78 is 42.4. The number of thiazole rings is 1. The van der Waals surface area contributed by atoms with Gasteiger partial charge in [-0.15, -0.1) is 16.4 Å². The summed E-state index contributed by atoms with van der Waals surface area (Å²) in [6.45, 7) is -1.34. The van der Waals surface area contributed by atoms with E-state index in [1.807, 2.05) is 47.8 Å². The second-order valence-corrected chi connectivity index (χ2v) is 6.81. The van der Waals surface area contributed by atoms with Gasteiger partial charge in [0.15, 0.2) is 5.01 Å². The zero-order valence-corrected chi connectivity index (χ0v) is 14.8. The number of aromatic nitrogens is 3. The highest BCUT2D eigenvalue weighted by Crippen LogP contribution is 2.29. The Morgan fingerprint density at radius 3 is 2.61 bits per heavy atom. The number of halogens is 3. The van der Waals surface area contributed by atoms with Crippen LogP contribution in [-0.4, -0.2) is 33.7 Å². The number of hydrogen-bond donors (Lipinski definition) is 1. The molecule has 0 fully saturated rings. The lowest BCUT2D eigenvalue weighted by molar-refractivity contribution is -0.115. The van der Waals surface area contributed by atoms with Crippen LogP contribution in [0.2, 0.25) is 0 Å². The van der Waals surface area contributed by atoms with Crippen LogP contribution in [-0.2, 0) is 0 Å². The second-order valence-electron chi connectivity index (χ2n) is 5.78. The van der Waals surface area contributed by atoms with Gasteiger partial charge in [0.25, 0.3) is 11.7 Å². The average molecular weight is 404 g/mol. The van der Waals surface area contributed by atoms with Gasteiger partial charge in [-0.3, -0.25) is 4.79 Å². The zero-order chi connectivity index (χ0) is 19.7. The minimum Gasteiger partial charge on any atom is -0.400 e. The van der Waals surface area contributed by atoms with Gasteiger partial charge in [-0.05, 0) is 23.3 Å². The van der Waals surface area contributed by atoms with Crippen molar-refractivity contribution in [1.29, 1.82) is 0 Å². The lowest BCUT2D eigenvalue weighted by Gasteiger charge is -2.04. The van der Waals surface area contributed by atoms with E-state index in [4.69, 9.17) is 4.42 Å². The summed E-state index contributed by atoms with van der Waals surface area (Å²) in [7, 11) is 0. The molecule has 0 unspecified atom stereocenters. The van der Waals surface area contributed by atoms with Crippen molar-refractivity contribution in [1.82, 2.24) is 15.2 Å². The molecule has 2 aromatic heterocycles. The van der Waals surface area contributed by atoms with Gasteiger partial charge in [0.1, 0.15) is 6.54 Å². The van der Waals surface area contributed by atoms with E-state index in [2.05, 4.69) is 15.2 Å². The lowest BCUT2D eigenvalue weighted by Crippen LogP contribution is -2.21. The van der Waals surface area contributed by atoms with Crippen molar-refractivity contribution in [3.05, 3.63) is 59.4 Å². The molecule has 0 bridgehead atoms. The van der Waals surface area contributed by atoms with Crippen LogP contribution in [0.25, 0.3) is 21.3 Å². The Bertz CT molecular complexity index is 1140. The molecule has 1 N–H and O–H groups in total. The minimum absolute atomic E-state index is 0.117. The van der Waals surface area contributed by atoms with E-state index in [1.54, 1.807) is 6.07 Å². The third kappa shape index (κ3) is 3.86. The van der Waals surface area contributed by atoms with Crippen LogP contribution in [0, 0.1) is 0 Å². The smallest absolute Gasteiger partial charge is 0.400 e. The van der Waals surface area contributed by atoms with Crippen molar-refractivity contribution >= 4 is 33.4 Å². The van der Waals surface area contributed by atoms with E-state index in [0.717, 1.165) is 27.2 Å². The maximum Gasteiger partial charge on any atom is 0.405 e. The Hall–Kier alpha value is -3.27. The van der Waals surface area contributed by atoms with E-state index in [1.165, 1.54) is 0 Å². The van der Waals surface area contributed by atoms with Gasteiger partial charge in [-0.1, -0.05) is 41.5 Å². The van der Waals surface area contributed by atoms with Gasteiger partial charge >= 0.3 is 12.2 Å². The highest BCUT2D eigenvalue weighted by Gasteiger charge is 2.28. The number of carbonyl (C=O) groups is 1. The molecule has 0 amide bonds. The molecule has 0 radical (unpaired) electrons. The highest BCUT2D eigenvalue weighted by atomic mass is 32.1. The minimum atomic E-state index is -4.44. The van der Waals surface area contributed by atoms with Gasteiger partial charge in [0.2, 0.25) is 0 Å². The van der Waals surface area contributed by atoms with Crippen molar-refractivity contribution in [2.24, 2.45) is 0 Å². The summed E-state index contributed by atoms with van der Waals surface area (Å²) in [5.41, 5.74) is 2.64. The van der Waals surface area contributed by atoms with Crippen molar-refractivity contribution in [2.45, 2.75) is 6.18 Å². The average Bonchev–Trinajstić information content (AvgIpc) is 3.32. The second kappa shape index (κ2) is 7.04. The van der Waals surface area contributed by atoms with E-state index < -0.39 is 30.4 Å². The SMILES string of the molecule is O=C(c1nnc(NCC(F)(F)F)o1)c1nc2ccc(-c3ccccc3)cc2s1. The van der Waals surface area contributed by atoms with Crippen molar-refractivity contribution < 1.29 is 22.4 Å². The van der Waals surface area contributed by atoms with Crippen LogP contribution < -0.4 is 5.32 Å². The van der Waals surface area contributed by atoms with Gasteiger partial charge in [0.05, 0.1) is 10.2 Å². The summed E-state index contributed by atoms with van der Waals surface area (Å²) in [4.78, 5) is 16.7. The van der Waals surface area contributed by atoms with Crippen LogP contribution in [0.5, 0.6) is 0 Å². The quantitative estimate of drug-likeness (QED) is 0.492. The Morgan fingerprint density at radius 2 is 1.86 bits per heavy atom. The van der Waals surface area contributed by atoms with Gasteiger partial charge in [-0.25, -0.2) is 4.98 Å². The molecule has 2 heterocycles. The number of alkyl halides is 3. The summed E-state index contributed by atoms with van der Waals surface area (Å²) in [5.74, 6) is -1.07. The number of ketones is 1. The van der Waals surface area contributed by atoms with Gasteiger partial charge in [0, 0.05) is 0 Å². The number of carbonyl (C=O) groups excluding carboxylic acids is 1. The molecule has 142 valence electrons. The first-order chi connectivity index (χ1) is 13.4.